The fourth-order valence-electron chi connectivity index (χ4n) is 5.84. The third-order valence-electron chi connectivity index (χ3n) is 9.12. The van der Waals surface area contributed by atoms with Gasteiger partial charge in [0.15, 0.2) is 15.7 Å². The molecule has 2 atom stereocenters. The van der Waals surface area contributed by atoms with Gasteiger partial charge >= 0.3 is 11.9 Å². The second-order valence-corrected chi connectivity index (χ2v) is 42.9. The summed E-state index contributed by atoms with van der Waals surface area (Å²) in [5.41, 5.74) is -0.0123. The molecule has 0 aliphatic carbocycles. The number of ether oxygens (including phenoxy) is 2. The molecule has 2 fully saturated rings. The van der Waals surface area contributed by atoms with Crippen LogP contribution >= 0.6 is 0 Å². The average molecular weight is 573 g/mol. The second-order valence-electron chi connectivity index (χ2n) is 13.7. The first-order valence-electron chi connectivity index (χ1n) is 13.7. The fraction of sp³-hybridized carbons (Fsp3) is 0.846. The lowest BCUT2D eigenvalue weighted by Gasteiger charge is -2.51. The van der Waals surface area contributed by atoms with Crippen molar-refractivity contribution < 1.29 is 27.9 Å². The van der Waals surface area contributed by atoms with E-state index in [0.717, 1.165) is 37.8 Å². The number of carbonyl (C=O) groups is 2. The molecule has 2 rings (SSSR count). The van der Waals surface area contributed by atoms with E-state index in [9.17, 15) is 9.59 Å². The zero-order valence-corrected chi connectivity index (χ0v) is 28.7. The van der Waals surface area contributed by atoms with Crippen molar-refractivity contribution in [1.29, 1.82) is 0 Å². The highest BCUT2D eigenvalue weighted by molar-refractivity contribution is 7.39. The molecule has 0 bridgehead atoms. The van der Waals surface area contributed by atoms with Gasteiger partial charge in [-0.2, -0.15) is 0 Å². The van der Waals surface area contributed by atoms with Crippen LogP contribution in [0.2, 0.25) is 63.5 Å². The highest BCUT2D eigenvalue weighted by Crippen LogP contribution is 2.42. The third-order valence-corrected chi connectivity index (χ3v) is 43.7. The summed E-state index contributed by atoms with van der Waals surface area (Å²) in [6, 6.07) is 4.80. The quantitative estimate of drug-likeness (QED) is 0.128. The Labute approximate surface area is 223 Å². The van der Waals surface area contributed by atoms with Gasteiger partial charge in [0.25, 0.3) is 0 Å². The van der Waals surface area contributed by atoms with E-state index in [1.54, 1.807) is 0 Å². The molecule has 0 aromatic heterocycles. The van der Waals surface area contributed by atoms with Gasteiger partial charge in [-0.25, -0.2) is 9.59 Å². The Balaban J connectivity index is 1.66. The average Bonchev–Trinajstić information content (AvgIpc) is 2.72. The van der Waals surface area contributed by atoms with Crippen molar-refractivity contribution in [2.75, 3.05) is 13.2 Å². The molecule has 0 amide bonds. The minimum Gasteiger partial charge on any atom is -0.463 e. The van der Waals surface area contributed by atoms with Crippen molar-refractivity contribution in [3.63, 3.8) is 0 Å². The van der Waals surface area contributed by atoms with Crippen molar-refractivity contribution in [3.05, 3.63) is 12.2 Å². The van der Waals surface area contributed by atoms with Gasteiger partial charge < -0.3 is 18.3 Å². The molecule has 2 unspecified atom stereocenters. The molecule has 0 spiro atoms. The van der Waals surface area contributed by atoms with E-state index < -0.39 is 42.8 Å². The highest BCUT2D eigenvalue weighted by Gasteiger charge is 2.53. The van der Waals surface area contributed by atoms with Crippen molar-refractivity contribution in [2.45, 2.75) is 128 Å². The molecule has 36 heavy (non-hydrogen) atoms. The number of rotatable bonds is 10. The lowest BCUT2D eigenvalue weighted by molar-refractivity contribution is -0.140. The molecule has 2 saturated heterocycles. The Bertz CT molecular complexity index is 759. The summed E-state index contributed by atoms with van der Waals surface area (Å²) in [6.07, 6.45) is 6.32. The molecule has 0 radical (unpaired) electrons. The largest absolute Gasteiger partial charge is 0.463 e. The maximum Gasteiger partial charge on any atom is 0.331 e. The monoisotopic (exact) mass is 572 g/mol. The zero-order valence-electron chi connectivity index (χ0n) is 24.7. The molecule has 0 N–H and O–H groups in total. The van der Waals surface area contributed by atoms with Gasteiger partial charge in [-0.1, -0.05) is 37.3 Å². The van der Waals surface area contributed by atoms with E-state index in [4.69, 9.17) is 18.3 Å². The lowest BCUT2D eigenvalue weighted by Crippen LogP contribution is -2.65. The van der Waals surface area contributed by atoms with Crippen LogP contribution < -0.4 is 0 Å². The minimum atomic E-state index is -1.71. The highest BCUT2D eigenvalue weighted by atomic mass is 29.3. The maximum atomic E-state index is 12.1. The first-order valence-corrected chi connectivity index (χ1v) is 27.4. The van der Waals surface area contributed by atoms with E-state index in [0.29, 0.717) is 13.2 Å². The SMILES string of the molecule is CC1(C)CC[Si](C)(CCCOC(=O)C=CC(=O)OCCC[Si]2(C)CCC(C)(C)O[Si]2(C)C)[Si](C)(C)O1. The molecule has 0 saturated carbocycles. The van der Waals surface area contributed by atoms with E-state index in [1.165, 1.54) is 24.2 Å². The predicted octanol–water partition coefficient (Wildman–Crippen LogP) is 6.53. The van der Waals surface area contributed by atoms with Crippen LogP contribution in [0.25, 0.3) is 0 Å². The Morgan fingerprint density at radius 3 is 1.33 bits per heavy atom. The van der Waals surface area contributed by atoms with Crippen LogP contribution in [0, 0.1) is 0 Å². The van der Waals surface area contributed by atoms with Crippen LogP contribution in [0.5, 0.6) is 0 Å². The molecule has 6 nitrogen and oxygen atoms in total. The molecule has 208 valence electrons. The van der Waals surface area contributed by atoms with E-state index in [-0.39, 0.29) is 11.2 Å². The molecule has 10 heteroatoms. The fourth-order valence-corrected chi connectivity index (χ4v) is 28.5. The van der Waals surface area contributed by atoms with Gasteiger partial charge in [0.2, 0.25) is 0 Å². The lowest BCUT2D eigenvalue weighted by atomic mass is 10.1. The van der Waals surface area contributed by atoms with Crippen LogP contribution in [-0.4, -0.2) is 67.2 Å². The molecular weight excluding hydrogens is 521 g/mol. The summed E-state index contributed by atoms with van der Waals surface area (Å²) in [5.74, 6) is -0.961. The molecular formula is C26H52O6Si4. The van der Waals surface area contributed by atoms with Crippen molar-refractivity contribution in [2.24, 2.45) is 0 Å². The summed E-state index contributed by atoms with van der Waals surface area (Å²) in [7, 11) is -6.39. The van der Waals surface area contributed by atoms with Gasteiger partial charge in [0.1, 0.15) is 0 Å². The normalized spacial score (nSPS) is 30.6. The van der Waals surface area contributed by atoms with Crippen molar-refractivity contribution >= 4 is 42.8 Å². The summed E-state index contributed by atoms with van der Waals surface area (Å²) in [5, 5.41) is 0. The summed E-state index contributed by atoms with van der Waals surface area (Å²) in [6.45, 7) is 23.9. The van der Waals surface area contributed by atoms with Crippen LogP contribution in [0.15, 0.2) is 12.2 Å². The topological polar surface area (TPSA) is 71.1 Å². The summed E-state index contributed by atoms with van der Waals surface area (Å²) >= 11 is 0. The van der Waals surface area contributed by atoms with Crippen molar-refractivity contribution in [3.8, 4) is 0 Å². The predicted molar refractivity (Wildman–Crippen MR) is 157 cm³/mol. The van der Waals surface area contributed by atoms with Gasteiger partial charge in [-0.15, -0.1) is 0 Å². The first-order chi connectivity index (χ1) is 16.3. The number of carbonyl (C=O) groups excluding carboxylic acids is 2. The third kappa shape index (κ3) is 8.49. The van der Waals surface area contributed by atoms with Crippen LogP contribution in [0.1, 0.15) is 53.4 Å². The van der Waals surface area contributed by atoms with Crippen molar-refractivity contribution in [1.82, 2.24) is 0 Å². The zero-order chi connectivity index (χ0) is 27.5. The van der Waals surface area contributed by atoms with E-state index in [2.05, 4.69) is 67.0 Å². The van der Waals surface area contributed by atoms with Crippen LogP contribution in [0.4, 0.5) is 0 Å². The number of esters is 2. The van der Waals surface area contributed by atoms with Crippen LogP contribution in [0.3, 0.4) is 0 Å². The number of hydrogen-bond acceptors (Lipinski definition) is 6. The smallest absolute Gasteiger partial charge is 0.331 e. The minimum absolute atomic E-state index is 0.00615. The van der Waals surface area contributed by atoms with Gasteiger partial charge in [0.05, 0.1) is 39.6 Å². The maximum absolute atomic E-state index is 12.1. The van der Waals surface area contributed by atoms with Gasteiger partial charge in [0, 0.05) is 12.2 Å². The Morgan fingerprint density at radius 1 is 0.694 bits per heavy atom. The Kier molecular flexibility index (Phi) is 10.3. The second kappa shape index (κ2) is 11.7. The first kappa shape index (κ1) is 31.7. The Morgan fingerprint density at radius 2 is 1.03 bits per heavy atom. The van der Waals surface area contributed by atoms with E-state index >= 15 is 0 Å². The Hall–Kier alpha value is -0.532. The summed E-state index contributed by atoms with van der Waals surface area (Å²) in [4.78, 5) is 24.1. The summed E-state index contributed by atoms with van der Waals surface area (Å²) < 4.78 is 23.8. The molecule has 2 heterocycles. The van der Waals surface area contributed by atoms with E-state index in [1.807, 2.05) is 0 Å². The van der Waals surface area contributed by atoms with Crippen LogP contribution in [-0.2, 0) is 27.9 Å². The molecule has 0 aromatic rings. The molecule has 2 aliphatic heterocycles. The molecule has 2 aliphatic rings. The van der Waals surface area contributed by atoms with Gasteiger partial charge in [-0.3, -0.25) is 0 Å². The number of hydrogen-bond donors (Lipinski definition) is 0. The van der Waals surface area contributed by atoms with Gasteiger partial charge in [-0.05, 0) is 79.6 Å². The standard InChI is InChI=1S/C26H52O6Si4/c1-25(2)15-21-35(9,33(5,6)31-25)19-11-17-29-23(27)13-14-24(28)30-18-12-20-36(10)22-16-26(3,4)32-34(36,7)8/h13-14H,11-12,15-22H2,1-10H3. The molecule has 0 aromatic carbocycles.